The molecule has 1 saturated carbocycles. The maximum absolute atomic E-state index is 12.7. The van der Waals surface area contributed by atoms with Gasteiger partial charge in [-0.1, -0.05) is 55.8 Å². The highest BCUT2D eigenvalue weighted by molar-refractivity contribution is 5.78. The Morgan fingerprint density at radius 2 is 1.79 bits per heavy atom. The number of benzene rings is 2. The van der Waals surface area contributed by atoms with Crippen LogP contribution >= 0.6 is 0 Å². The molecule has 2 aromatic carbocycles. The van der Waals surface area contributed by atoms with Crippen molar-refractivity contribution in [2.75, 3.05) is 0 Å². The maximum Gasteiger partial charge on any atom is 0.311 e. The first kappa shape index (κ1) is 19.7. The molecular weight excluding hydrogens is 350 g/mol. The molecule has 0 radical (unpaired) electrons. The first-order valence-electron chi connectivity index (χ1n) is 9.41. The van der Waals surface area contributed by atoms with Gasteiger partial charge >= 0.3 is 5.97 Å². The number of para-hydroxylation sites is 1. The molecule has 4 nitrogen and oxygen atoms in total. The van der Waals surface area contributed by atoms with E-state index in [1.165, 1.54) is 5.57 Å². The third-order valence-electron chi connectivity index (χ3n) is 5.17. The van der Waals surface area contributed by atoms with Gasteiger partial charge in [0, 0.05) is 5.56 Å². The van der Waals surface area contributed by atoms with Gasteiger partial charge in [-0.2, -0.15) is 5.26 Å². The fraction of sp³-hybridized carbons (Fsp3) is 0.333. The first-order chi connectivity index (χ1) is 13.3. The van der Waals surface area contributed by atoms with Gasteiger partial charge in [0.05, 0.1) is 5.92 Å². The quantitative estimate of drug-likeness (QED) is 0.471. The summed E-state index contributed by atoms with van der Waals surface area (Å²) in [6.45, 7) is 8.15. The van der Waals surface area contributed by atoms with Crippen molar-refractivity contribution >= 4 is 5.97 Å². The molecule has 0 amide bonds. The highest BCUT2D eigenvalue weighted by Crippen LogP contribution is 2.60. The lowest BCUT2D eigenvalue weighted by Crippen LogP contribution is -2.14. The normalized spacial score (nSPS) is 20.4. The van der Waals surface area contributed by atoms with Crippen molar-refractivity contribution in [3.63, 3.8) is 0 Å². The molecule has 0 bridgehead atoms. The Kier molecular flexibility index (Phi) is 5.56. The summed E-state index contributed by atoms with van der Waals surface area (Å²) in [6.07, 6.45) is 1.15. The van der Waals surface area contributed by atoms with Crippen molar-refractivity contribution in [2.24, 2.45) is 17.3 Å². The second-order valence-electron chi connectivity index (χ2n) is 8.00. The molecule has 3 atom stereocenters. The Bertz CT molecular complexity index is 920. The first-order valence-corrected chi connectivity index (χ1v) is 9.41. The number of nitrogens with zero attached hydrogens (tertiary/aromatic N) is 1. The number of esters is 1. The van der Waals surface area contributed by atoms with E-state index in [0.29, 0.717) is 17.1 Å². The molecule has 0 spiro atoms. The number of carbonyl (C=O) groups excluding carboxylic acids is 1. The van der Waals surface area contributed by atoms with Crippen LogP contribution in [0.3, 0.4) is 0 Å². The zero-order chi connectivity index (χ0) is 20.3. The van der Waals surface area contributed by atoms with Crippen LogP contribution in [0.1, 0.15) is 39.4 Å². The van der Waals surface area contributed by atoms with Crippen LogP contribution < -0.4 is 4.74 Å². The Balaban J connectivity index is 1.72. The Morgan fingerprint density at radius 3 is 2.43 bits per heavy atom. The summed E-state index contributed by atoms with van der Waals surface area (Å²) < 4.78 is 11.4. The molecule has 2 aromatic rings. The van der Waals surface area contributed by atoms with Gasteiger partial charge < -0.3 is 9.47 Å². The van der Waals surface area contributed by atoms with E-state index in [2.05, 4.69) is 26.0 Å². The van der Waals surface area contributed by atoms with Gasteiger partial charge in [-0.25, -0.2) is 0 Å². The molecule has 1 aliphatic carbocycles. The van der Waals surface area contributed by atoms with Crippen LogP contribution in [0, 0.1) is 28.6 Å². The topological polar surface area (TPSA) is 59.3 Å². The molecule has 2 unspecified atom stereocenters. The van der Waals surface area contributed by atoms with Crippen LogP contribution in [0.2, 0.25) is 0 Å². The fourth-order valence-corrected chi connectivity index (χ4v) is 3.52. The highest BCUT2D eigenvalue weighted by Gasteiger charge is 2.61. The standard InChI is InChI=1S/C24H25NO3/c1-16(2)13-20-22(24(20,3)4)23(26)28-21(15-25)17-9-8-12-19(14-17)27-18-10-6-5-7-11-18/h5-14,20-22H,1-4H3/t20?,21-,22?/m1/s1. The van der Waals surface area contributed by atoms with Crippen LogP contribution in [0.15, 0.2) is 66.2 Å². The van der Waals surface area contributed by atoms with Crippen molar-refractivity contribution in [3.05, 3.63) is 71.8 Å². The van der Waals surface area contributed by atoms with E-state index in [-0.39, 0.29) is 23.2 Å². The lowest BCUT2D eigenvalue weighted by atomic mass is 10.1. The third-order valence-corrected chi connectivity index (χ3v) is 5.17. The van der Waals surface area contributed by atoms with Crippen molar-refractivity contribution in [2.45, 2.75) is 33.8 Å². The van der Waals surface area contributed by atoms with Crippen LogP contribution in [-0.2, 0) is 9.53 Å². The lowest BCUT2D eigenvalue weighted by Gasteiger charge is -2.13. The van der Waals surface area contributed by atoms with Crippen LogP contribution in [0.4, 0.5) is 0 Å². The minimum Gasteiger partial charge on any atom is -0.457 e. The van der Waals surface area contributed by atoms with E-state index in [1.807, 2.05) is 50.2 Å². The molecule has 28 heavy (non-hydrogen) atoms. The summed E-state index contributed by atoms with van der Waals surface area (Å²) in [5.41, 5.74) is 1.63. The molecule has 0 saturated heterocycles. The van der Waals surface area contributed by atoms with E-state index >= 15 is 0 Å². The SMILES string of the molecule is CC(C)=CC1C(C(=O)O[C@H](C#N)c2cccc(Oc3ccccc3)c2)C1(C)C. The van der Waals surface area contributed by atoms with E-state index in [1.54, 1.807) is 18.2 Å². The molecule has 0 aliphatic heterocycles. The summed E-state index contributed by atoms with van der Waals surface area (Å²) in [5.74, 6) is 0.899. The number of carbonyl (C=O) groups is 1. The predicted octanol–water partition coefficient (Wildman–Crippen LogP) is 5.83. The Hall–Kier alpha value is -3.06. The van der Waals surface area contributed by atoms with Gasteiger partial charge in [-0.15, -0.1) is 0 Å². The Morgan fingerprint density at radius 1 is 1.11 bits per heavy atom. The number of hydrogen-bond donors (Lipinski definition) is 0. The predicted molar refractivity (Wildman–Crippen MR) is 108 cm³/mol. The zero-order valence-corrected chi connectivity index (χ0v) is 16.7. The van der Waals surface area contributed by atoms with Gasteiger partial charge in [-0.3, -0.25) is 4.79 Å². The van der Waals surface area contributed by atoms with Crippen LogP contribution in [0.5, 0.6) is 11.5 Å². The lowest BCUT2D eigenvalue weighted by molar-refractivity contribution is -0.149. The zero-order valence-electron chi connectivity index (χ0n) is 16.7. The molecular formula is C24H25NO3. The van der Waals surface area contributed by atoms with Crippen LogP contribution in [-0.4, -0.2) is 5.97 Å². The van der Waals surface area contributed by atoms with Crippen LogP contribution in [0.25, 0.3) is 0 Å². The smallest absolute Gasteiger partial charge is 0.311 e. The second-order valence-corrected chi connectivity index (χ2v) is 8.00. The van der Waals surface area contributed by atoms with E-state index in [9.17, 15) is 10.1 Å². The van der Waals surface area contributed by atoms with Gasteiger partial charge in [-0.05, 0) is 49.4 Å². The largest absolute Gasteiger partial charge is 0.457 e. The number of rotatable bonds is 6. The summed E-state index contributed by atoms with van der Waals surface area (Å²) in [7, 11) is 0. The molecule has 0 N–H and O–H groups in total. The monoisotopic (exact) mass is 375 g/mol. The minimum atomic E-state index is -0.962. The molecule has 144 valence electrons. The van der Waals surface area contributed by atoms with E-state index < -0.39 is 6.10 Å². The molecule has 0 aromatic heterocycles. The highest BCUT2D eigenvalue weighted by atomic mass is 16.5. The van der Waals surface area contributed by atoms with Crippen molar-refractivity contribution in [1.82, 2.24) is 0 Å². The van der Waals surface area contributed by atoms with Gasteiger partial charge in [0.15, 0.2) is 0 Å². The van der Waals surface area contributed by atoms with Crippen molar-refractivity contribution < 1.29 is 14.3 Å². The molecule has 1 fully saturated rings. The third kappa shape index (κ3) is 4.26. The molecule has 0 heterocycles. The van der Waals surface area contributed by atoms with Crippen molar-refractivity contribution in [1.29, 1.82) is 5.26 Å². The van der Waals surface area contributed by atoms with E-state index in [0.717, 1.165) is 0 Å². The summed E-state index contributed by atoms with van der Waals surface area (Å²) in [5, 5.41) is 9.57. The summed E-state index contributed by atoms with van der Waals surface area (Å²) >= 11 is 0. The van der Waals surface area contributed by atoms with Crippen molar-refractivity contribution in [3.8, 4) is 17.6 Å². The summed E-state index contributed by atoms with van der Waals surface area (Å²) in [4.78, 5) is 12.7. The number of ether oxygens (including phenoxy) is 2. The van der Waals surface area contributed by atoms with Gasteiger partial charge in [0.1, 0.15) is 17.6 Å². The summed E-state index contributed by atoms with van der Waals surface area (Å²) in [6, 6.07) is 18.6. The van der Waals surface area contributed by atoms with Gasteiger partial charge in [0.25, 0.3) is 0 Å². The van der Waals surface area contributed by atoms with Gasteiger partial charge in [0.2, 0.25) is 6.10 Å². The molecule has 1 aliphatic rings. The number of hydrogen-bond acceptors (Lipinski definition) is 4. The number of nitriles is 1. The second kappa shape index (κ2) is 7.90. The molecule has 3 rings (SSSR count). The number of allylic oxidation sites excluding steroid dienone is 2. The maximum atomic E-state index is 12.7. The fourth-order valence-electron chi connectivity index (χ4n) is 3.52. The average Bonchev–Trinajstić information content (AvgIpc) is 3.20. The Labute approximate surface area is 166 Å². The molecule has 4 heteroatoms. The van der Waals surface area contributed by atoms with E-state index in [4.69, 9.17) is 9.47 Å². The average molecular weight is 375 g/mol. The minimum absolute atomic E-state index is 0.146.